The highest BCUT2D eigenvalue weighted by molar-refractivity contribution is 5.86. The van der Waals surface area contributed by atoms with E-state index in [1.807, 2.05) is 12.1 Å². The minimum absolute atomic E-state index is 0.0144. The van der Waals surface area contributed by atoms with Gasteiger partial charge in [0.25, 0.3) is 5.56 Å². The number of aromatic nitrogens is 5. The number of nitrogens with zero attached hydrogens (tertiary/aromatic N) is 7. The third-order valence-corrected chi connectivity index (χ3v) is 4.74. The zero-order valence-corrected chi connectivity index (χ0v) is 14.5. The first kappa shape index (κ1) is 15.8. The molecule has 1 aliphatic heterocycles. The average Bonchev–Trinajstić information content (AvgIpc) is 3.03. The van der Waals surface area contributed by atoms with Crippen molar-refractivity contribution in [2.75, 3.05) is 38.1 Å². The van der Waals surface area contributed by atoms with Crippen molar-refractivity contribution < 1.29 is 0 Å². The Morgan fingerprint density at radius 1 is 1.12 bits per heavy atom. The molecule has 0 bridgehead atoms. The van der Waals surface area contributed by atoms with Crippen LogP contribution in [0.1, 0.15) is 5.56 Å². The van der Waals surface area contributed by atoms with Crippen molar-refractivity contribution in [2.24, 2.45) is 7.05 Å². The lowest BCUT2D eigenvalue weighted by Gasteiger charge is -2.33. The fourth-order valence-corrected chi connectivity index (χ4v) is 3.20. The summed E-state index contributed by atoms with van der Waals surface area (Å²) in [5.41, 5.74) is 1.43. The number of hydrogen-bond donors (Lipinski definition) is 0. The molecule has 4 heterocycles. The van der Waals surface area contributed by atoms with E-state index in [1.165, 1.54) is 0 Å². The number of piperazine rings is 1. The van der Waals surface area contributed by atoms with E-state index in [-0.39, 0.29) is 5.56 Å². The van der Waals surface area contributed by atoms with Crippen molar-refractivity contribution in [2.45, 2.75) is 6.54 Å². The minimum atomic E-state index is -0.0144. The van der Waals surface area contributed by atoms with E-state index < -0.39 is 0 Å². The molecule has 0 amide bonds. The first-order chi connectivity index (χ1) is 12.1. The quantitative estimate of drug-likeness (QED) is 0.685. The van der Waals surface area contributed by atoms with Gasteiger partial charge in [0.05, 0.1) is 18.1 Å². The summed E-state index contributed by atoms with van der Waals surface area (Å²) >= 11 is 0. The first-order valence-electron chi connectivity index (χ1n) is 8.38. The molecule has 130 valence electrons. The second-order valence-electron chi connectivity index (χ2n) is 6.48. The lowest BCUT2D eigenvalue weighted by atomic mass is 10.2. The van der Waals surface area contributed by atoms with Gasteiger partial charge in [0.15, 0.2) is 5.65 Å². The largest absolute Gasteiger partial charge is 0.353 e. The van der Waals surface area contributed by atoms with Crippen molar-refractivity contribution in [1.82, 2.24) is 29.2 Å². The fraction of sp³-hybridized carbons (Fsp3) is 0.412. The van der Waals surface area contributed by atoms with Gasteiger partial charge in [0.1, 0.15) is 12.1 Å². The summed E-state index contributed by atoms with van der Waals surface area (Å²) in [5, 5.41) is 5.39. The SMILES string of the molecule is CN1CCN(c2ncnc3c2cnn3Cc2cccn(C)c2=O)CC1. The van der Waals surface area contributed by atoms with Crippen LogP contribution in [0.2, 0.25) is 0 Å². The van der Waals surface area contributed by atoms with Crippen molar-refractivity contribution in [1.29, 1.82) is 0 Å². The average molecular weight is 339 g/mol. The molecule has 0 unspecified atom stereocenters. The fourth-order valence-electron chi connectivity index (χ4n) is 3.20. The highest BCUT2D eigenvalue weighted by atomic mass is 16.1. The van der Waals surface area contributed by atoms with Crippen LogP contribution >= 0.6 is 0 Å². The van der Waals surface area contributed by atoms with Gasteiger partial charge < -0.3 is 14.4 Å². The lowest BCUT2D eigenvalue weighted by molar-refractivity contribution is 0.312. The summed E-state index contributed by atoms with van der Waals surface area (Å²) in [6, 6.07) is 3.70. The van der Waals surface area contributed by atoms with E-state index in [0.717, 1.165) is 43.0 Å². The second-order valence-corrected chi connectivity index (χ2v) is 6.48. The Morgan fingerprint density at radius 3 is 2.72 bits per heavy atom. The van der Waals surface area contributed by atoms with E-state index in [2.05, 4.69) is 31.9 Å². The molecule has 0 spiro atoms. The van der Waals surface area contributed by atoms with Crippen LogP contribution in [0.3, 0.4) is 0 Å². The Labute approximate surface area is 145 Å². The molecule has 25 heavy (non-hydrogen) atoms. The van der Waals surface area contributed by atoms with Gasteiger partial charge in [0, 0.05) is 45.0 Å². The second kappa shape index (κ2) is 6.29. The van der Waals surface area contributed by atoms with Gasteiger partial charge in [-0.2, -0.15) is 5.10 Å². The molecule has 0 saturated carbocycles. The maximum atomic E-state index is 12.3. The van der Waals surface area contributed by atoms with Crippen molar-refractivity contribution in [3.63, 3.8) is 0 Å². The Balaban J connectivity index is 1.69. The highest BCUT2D eigenvalue weighted by Gasteiger charge is 2.19. The molecule has 0 N–H and O–H groups in total. The van der Waals surface area contributed by atoms with E-state index >= 15 is 0 Å². The van der Waals surface area contributed by atoms with E-state index in [0.29, 0.717) is 12.1 Å². The van der Waals surface area contributed by atoms with Gasteiger partial charge in [-0.1, -0.05) is 6.07 Å². The number of anilines is 1. The molecule has 0 aromatic carbocycles. The summed E-state index contributed by atoms with van der Waals surface area (Å²) in [6.07, 6.45) is 5.13. The number of likely N-dealkylation sites (N-methyl/N-ethyl adjacent to an activating group) is 1. The zero-order chi connectivity index (χ0) is 17.4. The van der Waals surface area contributed by atoms with Crippen LogP contribution in [-0.4, -0.2) is 62.4 Å². The molecule has 1 saturated heterocycles. The Bertz CT molecular complexity index is 953. The maximum Gasteiger partial charge on any atom is 0.255 e. The molecular weight excluding hydrogens is 318 g/mol. The van der Waals surface area contributed by atoms with E-state index in [9.17, 15) is 4.79 Å². The Kier molecular flexibility index (Phi) is 3.96. The monoisotopic (exact) mass is 339 g/mol. The van der Waals surface area contributed by atoms with Crippen LogP contribution in [0.25, 0.3) is 11.0 Å². The number of aryl methyl sites for hydroxylation is 1. The molecule has 1 fully saturated rings. The number of fused-ring (bicyclic) bond motifs is 1. The summed E-state index contributed by atoms with van der Waals surface area (Å²) < 4.78 is 3.35. The lowest BCUT2D eigenvalue weighted by Crippen LogP contribution is -2.44. The summed E-state index contributed by atoms with van der Waals surface area (Å²) in [5.74, 6) is 0.922. The van der Waals surface area contributed by atoms with Gasteiger partial charge in [-0.05, 0) is 13.1 Å². The predicted octanol–water partition coefficient (Wildman–Crippen LogP) is 0.325. The summed E-state index contributed by atoms with van der Waals surface area (Å²) in [6.45, 7) is 4.30. The normalized spacial score (nSPS) is 15.8. The molecule has 0 radical (unpaired) electrons. The molecule has 8 heteroatoms. The first-order valence-corrected chi connectivity index (χ1v) is 8.38. The van der Waals surface area contributed by atoms with E-state index in [4.69, 9.17) is 0 Å². The van der Waals surface area contributed by atoms with Crippen molar-refractivity contribution in [3.05, 3.63) is 46.8 Å². The van der Waals surface area contributed by atoms with Crippen LogP contribution in [-0.2, 0) is 13.6 Å². The number of pyridine rings is 1. The topological polar surface area (TPSA) is 72.1 Å². The molecule has 0 aliphatic carbocycles. The van der Waals surface area contributed by atoms with Gasteiger partial charge in [-0.15, -0.1) is 0 Å². The predicted molar refractivity (Wildman–Crippen MR) is 95.8 cm³/mol. The molecule has 1 aliphatic rings. The summed E-state index contributed by atoms with van der Waals surface area (Å²) in [4.78, 5) is 25.7. The Hall–Kier alpha value is -2.74. The van der Waals surface area contributed by atoms with Crippen LogP contribution < -0.4 is 10.5 Å². The zero-order valence-electron chi connectivity index (χ0n) is 14.5. The third-order valence-electron chi connectivity index (χ3n) is 4.74. The molecule has 0 atom stereocenters. The maximum absolute atomic E-state index is 12.3. The van der Waals surface area contributed by atoms with Gasteiger partial charge >= 0.3 is 0 Å². The standard InChI is InChI=1S/C17H21N7O/c1-21-6-8-23(9-7-21)15-14-10-20-24(16(14)19-12-18-15)11-13-4-3-5-22(2)17(13)25/h3-5,10,12H,6-9,11H2,1-2H3. The van der Waals surface area contributed by atoms with Crippen molar-refractivity contribution in [3.8, 4) is 0 Å². The van der Waals surface area contributed by atoms with E-state index in [1.54, 1.807) is 35.0 Å². The molecule has 8 nitrogen and oxygen atoms in total. The van der Waals surface area contributed by atoms with Crippen LogP contribution in [0, 0.1) is 0 Å². The third kappa shape index (κ3) is 2.89. The van der Waals surface area contributed by atoms with Gasteiger partial charge in [0.2, 0.25) is 0 Å². The van der Waals surface area contributed by atoms with Crippen LogP contribution in [0.4, 0.5) is 5.82 Å². The summed E-state index contributed by atoms with van der Waals surface area (Å²) in [7, 11) is 3.88. The Morgan fingerprint density at radius 2 is 1.92 bits per heavy atom. The van der Waals surface area contributed by atoms with Gasteiger partial charge in [-0.25, -0.2) is 14.6 Å². The van der Waals surface area contributed by atoms with Crippen LogP contribution in [0.15, 0.2) is 35.6 Å². The van der Waals surface area contributed by atoms with Gasteiger partial charge in [-0.3, -0.25) is 4.79 Å². The number of hydrogen-bond acceptors (Lipinski definition) is 6. The van der Waals surface area contributed by atoms with Crippen LogP contribution in [0.5, 0.6) is 0 Å². The molecule has 3 aromatic heterocycles. The van der Waals surface area contributed by atoms with Crippen molar-refractivity contribution >= 4 is 16.9 Å². The molecular formula is C17H21N7O. The molecule has 4 rings (SSSR count). The molecule has 3 aromatic rings. The minimum Gasteiger partial charge on any atom is -0.353 e. The smallest absolute Gasteiger partial charge is 0.255 e. The number of rotatable bonds is 3. The highest BCUT2D eigenvalue weighted by Crippen LogP contribution is 2.23.